The fourth-order valence-corrected chi connectivity index (χ4v) is 2.19. The molecule has 1 aliphatic heterocycles. The van der Waals surface area contributed by atoms with Gasteiger partial charge in [-0.15, -0.1) is 0 Å². The third kappa shape index (κ3) is 2.96. The van der Waals surface area contributed by atoms with E-state index in [9.17, 15) is 9.90 Å². The van der Waals surface area contributed by atoms with Crippen LogP contribution in [0.1, 0.15) is 21.5 Å². The molecule has 1 saturated heterocycles. The molecule has 4 heteroatoms. The molecule has 4 nitrogen and oxygen atoms in total. The Bertz CT molecular complexity index is 615. The molecule has 108 valence electrons. The highest BCUT2D eigenvalue weighted by Crippen LogP contribution is 2.29. The lowest BCUT2D eigenvalue weighted by atomic mass is 9.91. The van der Waals surface area contributed by atoms with Crippen LogP contribution in [-0.2, 0) is 21.7 Å². The molecule has 3 rings (SSSR count). The number of benzene rings is 2. The summed E-state index contributed by atoms with van der Waals surface area (Å²) in [5.74, 6) is -0.373. The Morgan fingerprint density at radius 1 is 1.10 bits per heavy atom. The van der Waals surface area contributed by atoms with Gasteiger partial charge < -0.3 is 14.6 Å². The summed E-state index contributed by atoms with van der Waals surface area (Å²) >= 11 is 0. The van der Waals surface area contributed by atoms with Crippen molar-refractivity contribution in [3.63, 3.8) is 0 Å². The lowest BCUT2D eigenvalue weighted by Crippen LogP contribution is -2.46. The van der Waals surface area contributed by atoms with Gasteiger partial charge in [-0.3, -0.25) is 0 Å². The van der Waals surface area contributed by atoms with E-state index in [1.807, 2.05) is 30.3 Å². The van der Waals surface area contributed by atoms with E-state index in [0.29, 0.717) is 18.8 Å². The molecule has 1 heterocycles. The number of hydrogen-bond acceptors (Lipinski definition) is 4. The Balaban J connectivity index is 1.62. The molecule has 2 aromatic carbocycles. The lowest BCUT2D eigenvalue weighted by Gasteiger charge is -2.36. The minimum atomic E-state index is -0.910. The SMILES string of the molecule is O=C(OCc1ccccc1)c1ccc(C2(O)COC2)cc1. The molecule has 0 spiro atoms. The molecule has 0 aromatic heterocycles. The van der Waals surface area contributed by atoms with Crippen LogP contribution in [0.2, 0.25) is 0 Å². The smallest absolute Gasteiger partial charge is 0.338 e. The molecular formula is C17H16O4. The second kappa shape index (κ2) is 5.68. The summed E-state index contributed by atoms with van der Waals surface area (Å²) in [4.78, 5) is 12.0. The minimum absolute atomic E-state index is 0.249. The molecule has 0 bridgehead atoms. The normalized spacial score (nSPS) is 16.0. The topological polar surface area (TPSA) is 55.8 Å². The zero-order valence-corrected chi connectivity index (χ0v) is 11.5. The number of rotatable bonds is 4. The van der Waals surface area contributed by atoms with Crippen LogP contribution in [0.3, 0.4) is 0 Å². The van der Waals surface area contributed by atoms with Gasteiger partial charge in [-0.05, 0) is 23.3 Å². The van der Waals surface area contributed by atoms with Gasteiger partial charge in [0.05, 0.1) is 18.8 Å². The van der Waals surface area contributed by atoms with Crippen LogP contribution in [0.25, 0.3) is 0 Å². The van der Waals surface area contributed by atoms with Gasteiger partial charge in [-0.1, -0.05) is 42.5 Å². The first-order valence-electron chi connectivity index (χ1n) is 6.79. The molecule has 1 fully saturated rings. The van der Waals surface area contributed by atoms with Crippen molar-refractivity contribution in [1.82, 2.24) is 0 Å². The highest BCUT2D eigenvalue weighted by Gasteiger charge is 2.37. The van der Waals surface area contributed by atoms with Crippen LogP contribution < -0.4 is 0 Å². The fourth-order valence-electron chi connectivity index (χ4n) is 2.19. The fraction of sp³-hybridized carbons (Fsp3) is 0.235. The zero-order chi connectivity index (χ0) is 14.7. The van der Waals surface area contributed by atoms with E-state index in [1.54, 1.807) is 24.3 Å². The van der Waals surface area contributed by atoms with Crippen LogP contribution in [0.4, 0.5) is 0 Å². The molecule has 1 N–H and O–H groups in total. The third-order valence-electron chi connectivity index (χ3n) is 3.55. The number of carbonyl (C=O) groups excluding carboxylic acids is 1. The van der Waals surface area contributed by atoms with E-state index in [2.05, 4.69) is 0 Å². The zero-order valence-electron chi connectivity index (χ0n) is 11.5. The number of hydrogen-bond donors (Lipinski definition) is 1. The maximum Gasteiger partial charge on any atom is 0.338 e. The lowest BCUT2D eigenvalue weighted by molar-refractivity contribution is -0.184. The van der Waals surface area contributed by atoms with Gasteiger partial charge in [0.15, 0.2) is 0 Å². The first kappa shape index (κ1) is 13.8. The summed E-state index contributed by atoms with van der Waals surface area (Å²) in [5.41, 5.74) is 1.27. The average molecular weight is 284 g/mol. The van der Waals surface area contributed by atoms with Crippen LogP contribution in [0, 0.1) is 0 Å². The molecule has 1 aliphatic rings. The summed E-state index contributed by atoms with van der Waals surface area (Å²) in [6.07, 6.45) is 0. The first-order valence-corrected chi connectivity index (χ1v) is 6.79. The molecule has 0 radical (unpaired) electrons. The number of aliphatic hydroxyl groups is 1. The Morgan fingerprint density at radius 3 is 2.33 bits per heavy atom. The van der Waals surface area contributed by atoms with Gasteiger partial charge in [0.2, 0.25) is 0 Å². The monoisotopic (exact) mass is 284 g/mol. The molecular weight excluding hydrogens is 268 g/mol. The van der Waals surface area contributed by atoms with Crippen molar-refractivity contribution in [3.8, 4) is 0 Å². The van der Waals surface area contributed by atoms with Gasteiger partial charge in [0.1, 0.15) is 12.2 Å². The van der Waals surface area contributed by atoms with Gasteiger partial charge >= 0.3 is 5.97 Å². The Kier molecular flexibility index (Phi) is 3.73. The van der Waals surface area contributed by atoms with Crippen molar-refractivity contribution < 1.29 is 19.4 Å². The molecule has 0 unspecified atom stereocenters. The highest BCUT2D eigenvalue weighted by molar-refractivity contribution is 5.89. The molecule has 0 amide bonds. The summed E-state index contributed by atoms with van der Waals surface area (Å²) in [6, 6.07) is 16.3. The van der Waals surface area contributed by atoms with Gasteiger partial charge in [-0.2, -0.15) is 0 Å². The van der Waals surface area contributed by atoms with Crippen molar-refractivity contribution in [2.24, 2.45) is 0 Å². The first-order chi connectivity index (χ1) is 10.2. The highest BCUT2D eigenvalue weighted by atomic mass is 16.5. The quantitative estimate of drug-likeness (QED) is 0.875. The summed E-state index contributed by atoms with van der Waals surface area (Å²) in [7, 11) is 0. The van der Waals surface area contributed by atoms with Crippen molar-refractivity contribution in [2.45, 2.75) is 12.2 Å². The van der Waals surface area contributed by atoms with Crippen LogP contribution in [0.15, 0.2) is 54.6 Å². The van der Waals surface area contributed by atoms with E-state index in [0.717, 1.165) is 11.1 Å². The number of ether oxygens (including phenoxy) is 2. The van der Waals surface area contributed by atoms with Crippen molar-refractivity contribution in [1.29, 1.82) is 0 Å². The number of carbonyl (C=O) groups is 1. The van der Waals surface area contributed by atoms with Gasteiger partial charge in [0, 0.05) is 0 Å². The predicted molar refractivity (Wildman–Crippen MR) is 76.7 cm³/mol. The van der Waals surface area contributed by atoms with E-state index in [-0.39, 0.29) is 12.6 Å². The van der Waals surface area contributed by atoms with E-state index in [1.165, 1.54) is 0 Å². The van der Waals surface area contributed by atoms with Crippen LogP contribution >= 0.6 is 0 Å². The largest absolute Gasteiger partial charge is 0.457 e. The average Bonchev–Trinajstić information content (AvgIpc) is 2.51. The second-order valence-corrected chi connectivity index (χ2v) is 5.16. The maximum atomic E-state index is 12.0. The summed E-state index contributed by atoms with van der Waals surface area (Å²) in [6.45, 7) is 0.842. The van der Waals surface area contributed by atoms with E-state index < -0.39 is 5.60 Å². The summed E-state index contributed by atoms with van der Waals surface area (Å²) < 4.78 is 10.3. The van der Waals surface area contributed by atoms with Gasteiger partial charge in [-0.25, -0.2) is 4.79 Å². The maximum absolute atomic E-state index is 12.0. The second-order valence-electron chi connectivity index (χ2n) is 5.16. The van der Waals surface area contributed by atoms with Crippen molar-refractivity contribution in [3.05, 3.63) is 71.3 Å². The minimum Gasteiger partial charge on any atom is -0.457 e. The Morgan fingerprint density at radius 2 is 1.76 bits per heavy atom. The van der Waals surface area contributed by atoms with Crippen molar-refractivity contribution >= 4 is 5.97 Å². The van der Waals surface area contributed by atoms with E-state index >= 15 is 0 Å². The molecule has 0 saturated carbocycles. The van der Waals surface area contributed by atoms with Crippen molar-refractivity contribution in [2.75, 3.05) is 13.2 Å². The predicted octanol–water partition coefficient (Wildman–Crippen LogP) is 2.26. The molecule has 2 aromatic rings. The Hall–Kier alpha value is -2.17. The number of esters is 1. The molecule has 0 atom stereocenters. The molecule has 0 aliphatic carbocycles. The standard InChI is InChI=1S/C17H16O4/c18-16(21-10-13-4-2-1-3-5-13)14-6-8-15(9-7-14)17(19)11-20-12-17/h1-9,19H,10-12H2. The van der Waals surface area contributed by atoms with Crippen LogP contribution in [0.5, 0.6) is 0 Å². The summed E-state index contributed by atoms with van der Waals surface area (Å²) in [5, 5.41) is 10.1. The third-order valence-corrected chi connectivity index (χ3v) is 3.55. The van der Waals surface area contributed by atoms with Crippen LogP contribution in [-0.4, -0.2) is 24.3 Å². The molecule has 21 heavy (non-hydrogen) atoms. The van der Waals surface area contributed by atoms with Gasteiger partial charge in [0.25, 0.3) is 0 Å². The van der Waals surface area contributed by atoms with E-state index in [4.69, 9.17) is 9.47 Å². The Labute approximate surface area is 122 Å².